The Morgan fingerprint density at radius 3 is 2.23 bits per heavy atom. The summed E-state index contributed by atoms with van der Waals surface area (Å²) in [7, 11) is -4.12. The number of rotatable bonds is 7. The third-order valence-corrected chi connectivity index (χ3v) is 5.16. The van der Waals surface area contributed by atoms with Gasteiger partial charge in [0.15, 0.2) is 0 Å². The number of aryl methyl sites for hydroxylation is 1. The fourth-order valence-corrected chi connectivity index (χ4v) is 3.55. The Morgan fingerprint density at radius 1 is 1.03 bits per heavy atom. The van der Waals surface area contributed by atoms with E-state index in [-0.39, 0.29) is 22.8 Å². The van der Waals surface area contributed by atoms with Gasteiger partial charge in [-0.3, -0.25) is 4.79 Å². The first-order valence-electron chi connectivity index (χ1n) is 9.61. The van der Waals surface area contributed by atoms with Gasteiger partial charge < -0.3 is 19.0 Å². The van der Waals surface area contributed by atoms with Crippen molar-refractivity contribution in [2.75, 3.05) is 6.54 Å². The van der Waals surface area contributed by atoms with Gasteiger partial charge in [-0.1, -0.05) is 35.9 Å². The molecule has 2 aromatic carbocycles. The quantitative estimate of drug-likeness (QED) is 0.505. The standard InChI is InChI=1S/C22H27NO7S/c1-15-10-12-17(13-11-15)31(26,27)30-19-9-7-6-8-18(19)20(28-16(2)24)14-23-21(25)29-22(3,4)5/h6-13,20H,14H2,1-5H3,(H,23,25). The average molecular weight is 450 g/mol. The zero-order valence-corrected chi connectivity index (χ0v) is 19.0. The minimum absolute atomic E-state index is 0.0104. The number of carbonyl (C=O) groups excluding carboxylic acids is 2. The number of carbonyl (C=O) groups is 2. The maximum atomic E-state index is 12.7. The largest absolute Gasteiger partial charge is 0.456 e. The molecule has 2 rings (SSSR count). The molecule has 2 aromatic rings. The van der Waals surface area contributed by atoms with Crippen molar-refractivity contribution in [2.45, 2.75) is 51.2 Å². The molecule has 0 saturated carbocycles. The van der Waals surface area contributed by atoms with Crippen molar-refractivity contribution >= 4 is 22.2 Å². The smallest absolute Gasteiger partial charge is 0.407 e. The summed E-state index contributed by atoms with van der Waals surface area (Å²) in [6.07, 6.45) is -1.69. The lowest BCUT2D eigenvalue weighted by atomic mass is 10.1. The Hall–Kier alpha value is -3.07. The second-order valence-corrected chi connectivity index (χ2v) is 9.42. The van der Waals surface area contributed by atoms with Gasteiger partial charge in [0.1, 0.15) is 22.4 Å². The van der Waals surface area contributed by atoms with Gasteiger partial charge in [0, 0.05) is 12.5 Å². The van der Waals surface area contributed by atoms with Crippen molar-refractivity contribution in [1.82, 2.24) is 5.32 Å². The number of hydrogen-bond acceptors (Lipinski definition) is 7. The topological polar surface area (TPSA) is 108 Å². The zero-order chi connectivity index (χ0) is 23.2. The van der Waals surface area contributed by atoms with Gasteiger partial charge in [-0.15, -0.1) is 0 Å². The van der Waals surface area contributed by atoms with Crippen LogP contribution in [0.2, 0.25) is 0 Å². The minimum Gasteiger partial charge on any atom is -0.456 e. The van der Waals surface area contributed by atoms with Crippen molar-refractivity contribution in [2.24, 2.45) is 0 Å². The van der Waals surface area contributed by atoms with Gasteiger partial charge in [-0.2, -0.15) is 8.42 Å². The lowest BCUT2D eigenvalue weighted by molar-refractivity contribution is -0.146. The van der Waals surface area contributed by atoms with E-state index in [0.717, 1.165) is 5.56 Å². The minimum atomic E-state index is -4.12. The molecule has 9 heteroatoms. The van der Waals surface area contributed by atoms with Gasteiger partial charge in [-0.25, -0.2) is 4.79 Å². The fraction of sp³-hybridized carbons (Fsp3) is 0.364. The van der Waals surface area contributed by atoms with Crippen LogP contribution in [0.3, 0.4) is 0 Å². The van der Waals surface area contributed by atoms with Crippen LogP contribution in [0.4, 0.5) is 4.79 Å². The average Bonchev–Trinajstić information content (AvgIpc) is 2.64. The first kappa shape index (κ1) is 24.2. The van der Waals surface area contributed by atoms with Crippen LogP contribution in [0, 0.1) is 6.92 Å². The molecule has 168 valence electrons. The maximum Gasteiger partial charge on any atom is 0.407 e. The molecule has 0 aliphatic heterocycles. The van der Waals surface area contributed by atoms with Gasteiger partial charge in [0.25, 0.3) is 0 Å². The molecule has 0 aromatic heterocycles. The second kappa shape index (κ2) is 9.82. The number of nitrogens with one attached hydrogen (secondary N) is 1. The summed E-state index contributed by atoms with van der Waals surface area (Å²) in [4.78, 5) is 23.6. The highest BCUT2D eigenvalue weighted by Crippen LogP contribution is 2.30. The van der Waals surface area contributed by atoms with Crippen molar-refractivity contribution in [1.29, 1.82) is 0 Å². The van der Waals surface area contributed by atoms with Crippen molar-refractivity contribution in [3.05, 3.63) is 59.7 Å². The predicted octanol–water partition coefficient (Wildman–Crippen LogP) is 3.89. The maximum absolute atomic E-state index is 12.7. The van der Waals surface area contributed by atoms with Crippen LogP contribution < -0.4 is 9.50 Å². The SMILES string of the molecule is CC(=O)OC(CNC(=O)OC(C)(C)C)c1ccccc1OS(=O)(=O)c1ccc(C)cc1. The van der Waals surface area contributed by atoms with Crippen molar-refractivity contribution in [3.8, 4) is 5.75 Å². The van der Waals surface area contributed by atoms with Crippen LogP contribution in [0.15, 0.2) is 53.4 Å². The summed E-state index contributed by atoms with van der Waals surface area (Å²) in [5.41, 5.74) is 0.483. The van der Waals surface area contributed by atoms with Crippen LogP contribution in [0.25, 0.3) is 0 Å². The highest BCUT2D eigenvalue weighted by Gasteiger charge is 2.25. The molecule has 1 N–H and O–H groups in total. The molecular weight excluding hydrogens is 422 g/mol. The predicted molar refractivity (Wildman–Crippen MR) is 114 cm³/mol. The Morgan fingerprint density at radius 2 is 1.65 bits per heavy atom. The second-order valence-electron chi connectivity index (χ2n) is 7.87. The van der Waals surface area contributed by atoms with Gasteiger partial charge >= 0.3 is 22.2 Å². The van der Waals surface area contributed by atoms with E-state index in [9.17, 15) is 18.0 Å². The lowest BCUT2D eigenvalue weighted by Gasteiger charge is -2.23. The summed E-state index contributed by atoms with van der Waals surface area (Å²) < 4.78 is 41.3. The van der Waals surface area contributed by atoms with Crippen LogP contribution in [-0.4, -0.2) is 32.6 Å². The molecule has 31 heavy (non-hydrogen) atoms. The summed E-state index contributed by atoms with van der Waals surface area (Å²) in [6, 6.07) is 12.5. The van der Waals surface area contributed by atoms with E-state index in [1.807, 2.05) is 6.92 Å². The van der Waals surface area contributed by atoms with Crippen molar-refractivity contribution in [3.63, 3.8) is 0 Å². The fourth-order valence-electron chi connectivity index (χ4n) is 2.60. The van der Waals surface area contributed by atoms with E-state index in [1.165, 1.54) is 25.1 Å². The summed E-state index contributed by atoms with van der Waals surface area (Å²) in [5.74, 6) is -0.618. The zero-order valence-electron chi connectivity index (χ0n) is 18.2. The number of para-hydroxylation sites is 1. The number of ether oxygens (including phenoxy) is 2. The molecule has 0 aliphatic rings. The number of hydrogen-bond donors (Lipinski definition) is 1. The first-order valence-corrected chi connectivity index (χ1v) is 11.0. The van der Waals surface area contributed by atoms with E-state index in [4.69, 9.17) is 13.7 Å². The molecule has 0 saturated heterocycles. The normalized spacial score (nSPS) is 12.5. The molecule has 0 fully saturated rings. The Labute approximate surface area is 182 Å². The third kappa shape index (κ3) is 7.60. The summed E-state index contributed by atoms with van der Waals surface area (Å²) >= 11 is 0. The number of benzene rings is 2. The highest BCUT2D eigenvalue weighted by atomic mass is 32.2. The third-order valence-electron chi connectivity index (χ3n) is 3.91. The Bertz CT molecular complexity index is 1020. The van der Waals surface area contributed by atoms with Crippen LogP contribution in [0.5, 0.6) is 5.75 Å². The Kier molecular flexibility index (Phi) is 7.67. The van der Waals surface area contributed by atoms with Crippen LogP contribution in [0.1, 0.15) is 44.9 Å². The van der Waals surface area contributed by atoms with E-state index in [2.05, 4.69) is 5.32 Å². The number of esters is 1. The van der Waals surface area contributed by atoms with E-state index in [1.54, 1.807) is 51.1 Å². The summed E-state index contributed by atoms with van der Waals surface area (Å²) in [5, 5.41) is 2.53. The van der Waals surface area contributed by atoms with Crippen LogP contribution >= 0.6 is 0 Å². The number of alkyl carbamates (subject to hydrolysis) is 1. The monoisotopic (exact) mass is 449 g/mol. The Balaban J connectivity index is 2.28. The van der Waals surface area contributed by atoms with E-state index >= 15 is 0 Å². The van der Waals surface area contributed by atoms with E-state index in [0.29, 0.717) is 0 Å². The van der Waals surface area contributed by atoms with Crippen molar-refractivity contribution < 1.29 is 31.7 Å². The number of amides is 1. The molecule has 8 nitrogen and oxygen atoms in total. The van der Waals surface area contributed by atoms with Gasteiger partial charge in [0.2, 0.25) is 0 Å². The molecule has 1 atom stereocenters. The molecule has 0 radical (unpaired) electrons. The molecule has 1 unspecified atom stereocenters. The van der Waals surface area contributed by atoms with Gasteiger partial charge in [0.05, 0.1) is 6.54 Å². The van der Waals surface area contributed by atoms with Crippen LogP contribution in [-0.2, 0) is 24.4 Å². The van der Waals surface area contributed by atoms with Gasteiger partial charge in [-0.05, 0) is 45.9 Å². The highest BCUT2D eigenvalue weighted by molar-refractivity contribution is 7.87. The molecular formula is C22H27NO7S. The summed E-state index contributed by atoms with van der Waals surface area (Å²) in [6.45, 7) is 8.07. The molecule has 0 aliphatic carbocycles. The molecule has 0 bridgehead atoms. The molecule has 0 spiro atoms. The van der Waals surface area contributed by atoms with E-state index < -0.39 is 33.9 Å². The first-order chi connectivity index (χ1) is 14.4. The molecule has 1 amide bonds. The lowest BCUT2D eigenvalue weighted by Crippen LogP contribution is -2.35. The molecule has 0 heterocycles.